The first-order valence-electron chi connectivity index (χ1n) is 8.54. The van der Waals surface area contributed by atoms with Gasteiger partial charge in [0.05, 0.1) is 0 Å². The summed E-state index contributed by atoms with van der Waals surface area (Å²) in [7, 11) is 0. The molecule has 1 aromatic carbocycles. The third-order valence-electron chi connectivity index (χ3n) is 4.52. The molecule has 1 amide bonds. The molecule has 0 radical (unpaired) electrons. The Kier molecular flexibility index (Phi) is 4.75. The molecule has 1 aliphatic rings. The number of amides is 1. The molecule has 3 aromatic rings. The van der Waals surface area contributed by atoms with E-state index in [1.165, 1.54) is 17.4 Å². The molecule has 3 heterocycles. The number of halogens is 1. The van der Waals surface area contributed by atoms with Gasteiger partial charge in [-0.3, -0.25) is 9.48 Å². The Labute approximate surface area is 154 Å². The summed E-state index contributed by atoms with van der Waals surface area (Å²) < 4.78 is 15.6. The minimum Gasteiger partial charge on any atom is -0.340 e. The van der Waals surface area contributed by atoms with Gasteiger partial charge in [0.1, 0.15) is 17.4 Å². The third-order valence-corrected chi connectivity index (χ3v) is 5.64. The second-order valence-corrected chi connectivity index (χ2v) is 7.32. The van der Waals surface area contributed by atoms with Gasteiger partial charge in [0.25, 0.3) is 0 Å². The van der Waals surface area contributed by atoms with E-state index in [0.29, 0.717) is 17.1 Å². The van der Waals surface area contributed by atoms with Gasteiger partial charge < -0.3 is 4.90 Å². The van der Waals surface area contributed by atoms with E-state index in [9.17, 15) is 9.18 Å². The van der Waals surface area contributed by atoms with Crippen LogP contribution in [0.25, 0.3) is 10.6 Å². The van der Waals surface area contributed by atoms with Gasteiger partial charge in [-0.05, 0) is 31.0 Å². The quantitative estimate of drug-likeness (QED) is 0.707. The average molecular weight is 371 g/mol. The van der Waals surface area contributed by atoms with Crippen molar-refractivity contribution in [3.63, 3.8) is 0 Å². The number of benzene rings is 1. The molecule has 1 saturated heterocycles. The largest absolute Gasteiger partial charge is 0.340 e. The lowest BCUT2D eigenvalue weighted by Crippen LogP contribution is -2.40. The Bertz CT molecular complexity index is 895. The fourth-order valence-corrected chi connectivity index (χ4v) is 4.18. The van der Waals surface area contributed by atoms with Crippen molar-refractivity contribution in [2.75, 3.05) is 13.1 Å². The standard InChI is InChI=1S/C18H18FN5OS/c19-15-7-2-1-6-14(15)18-22-21-17(26-18)13-5-3-9-23(11-13)16(25)12-24-10-4-8-20-24/h1-2,4,6-8,10,13H,3,5,9,11-12H2/t13-/m1/s1. The molecule has 2 aromatic heterocycles. The zero-order valence-corrected chi connectivity index (χ0v) is 14.9. The van der Waals surface area contributed by atoms with E-state index in [2.05, 4.69) is 15.3 Å². The molecular weight excluding hydrogens is 353 g/mol. The average Bonchev–Trinajstić information content (AvgIpc) is 3.34. The summed E-state index contributed by atoms with van der Waals surface area (Å²) in [4.78, 5) is 14.4. The number of aromatic nitrogens is 4. The van der Waals surface area contributed by atoms with E-state index in [1.807, 2.05) is 4.90 Å². The van der Waals surface area contributed by atoms with Crippen molar-refractivity contribution in [1.82, 2.24) is 24.9 Å². The molecule has 1 atom stereocenters. The van der Waals surface area contributed by atoms with Gasteiger partial charge >= 0.3 is 0 Å². The van der Waals surface area contributed by atoms with Gasteiger partial charge in [0.2, 0.25) is 5.91 Å². The molecule has 1 fully saturated rings. The zero-order chi connectivity index (χ0) is 17.9. The fraction of sp³-hybridized carbons (Fsp3) is 0.333. The van der Waals surface area contributed by atoms with E-state index in [-0.39, 0.29) is 24.2 Å². The molecule has 0 spiro atoms. The number of carbonyl (C=O) groups is 1. The van der Waals surface area contributed by atoms with E-state index >= 15 is 0 Å². The Balaban J connectivity index is 1.46. The van der Waals surface area contributed by atoms with Crippen LogP contribution in [0, 0.1) is 5.82 Å². The molecule has 0 bridgehead atoms. The topological polar surface area (TPSA) is 63.9 Å². The summed E-state index contributed by atoms with van der Waals surface area (Å²) >= 11 is 1.41. The van der Waals surface area contributed by atoms with Crippen LogP contribution in [0.15, 0.2) is 42.7 Å². The lowest BCUT2D eigenvalue weighted by molar-refractivity contribution is -0.133. The van der Waals surface area contributed by atoms with E-state index in [0.717, 1.165) is 24.4 Å². The fourth-order valence-electron chi connectivity index (χ4n) is 3.18. The van der Waals surface area contributed by atoms with Gasteiger partial charge in [0.15, 0.2) is 5.01 Å². The molecule has 26 heavy (non-hydrogen) atoms. The number of rotatable bonds is 4. The van der Waals surface area contributed by atoms with Crippen molar-refractivity contribution in [2.45, 2.75) is 25.3 Å². The summed E-state index contributed by atoms with van der Waals surface area (Å²) in [6, 6.07) is 8.38. The highest BCUT2D eigenvalue weighted by atomic mass is 32.1. The van der Waals surface area contributed by atoms with Crippen molar-refractivity contribution >= 4 is 17.2 Å². The number of carbonyl (C=O) groups excluding carboxylic acids is 1. The van der Waals surface area contributed by atoms with Gasteiger partial charge in [-0.15, -0.1) is 10.2 Å². The minimum atomic E-state index is -0.296. The zero-order valence-electron chi connectivity index (χ0n) is 14.1. The minimum absolute atomic E-state index is 0.0530. The summed E-state index contributed by atoms with van der Waals surface area (Å²) in [5.41, 5.74) is 0.471. The van der Waals surface area contributed by atoms with Crippen molar-refractivity contribution in [1.29, 1.82) is 0 Å². The molecular formula is C18H18FN5OS. The molecule has 0 aliphatic carbocycles. The van der Waals surface area contributed by atoms with E-state index < -0.39 is 0 Å². The number of hydrogen-bond donors (Lipinski definition) is 0. The molecule has 8 heteroatoms. The Morgan fingerprint density at radius 2 is 2.15 bits per heavy atom. The predicted octanol–water partition coefficient (Wildman–Crippen LogP) is 2.95. The molecule has 134 valence electrons. The van der Waals surface area contributed by atoms with Crippen LogP contribution in [-0.2, 0) is 11.3 Å². The van der Waals surface area contributed by atoms with Crippen LogP contribution in [0.1, 0.15) is 23.8 Å². The summed E-state index contributed by atoms with van der Waals surface area (Å²) in [6.07, 6.45) is 5.32. The van der Waals surface area contributed by atoms with Gasteiger partial charge in [0, 0.05) is 37.0 Å². The second-order valence-electron chi connectivity index (χ2n) is 6.31. The third kappa shape index (κ3) is 3.50. The maximum Gasteiger partial charge on any atom is 0.244 e. The summed E-state index contributed by atoms with van der Waals surface area (Å²) in [6.45, 7) is 1.61. The predicted molar refractivity (Wildman–Crippen MR) is 96.1 cm³/mol. The van der Waals surface area contributed by atoms with Crippen molar-refractivity contribution in [3.05, 3.63) is 53.6 Å². The highest BCUT2D eigenvalue weighted by molar-refractivity contribution is 7.14. The lowest BCUT2D eigenvalue weighted by atomic mass is 9.99. The van der Waals surface area contributed by atoms with Crippen molar-refractivity contribution in [3.8, 4) is 10.6 Å². The Morgan fingerprint density at radius 3 is 2.96 bits per heavy atom. The number of piperidine rings is 1. The number of likely N-dealkylation sites (tertiary alicyclic amines) is 1. The van der Waals surface area contributed by atoms with E-state index in [1.54, 1.807) is 41.3 Å². The first-order chi connectivity index (χ1) is 12.7. The Morgan fingerprint density at radius 1 is 1.27 bits per heavy atom. The van der Waals surface area contributed by atoms with Crippen LogP contribution in [0.2, 0.25) is 0 Å². The normalized spacial score (nSPS) is 17.4. The van der Waals surface area contributed by atoms with Gasteiger partial charge in [-0.1, -0.05) is 23.5 Å². The van der Waals surface area contributed by atoms with Crippen molar-refractivity contribution < 1.29 is 9.18 Å². The maximum absolute atomic E-state index is 14.0. The monoisotopic (exact) mass is 371 g/mol. The maximum atomic E-state index is 14.0. The smallest absolute Gasteiger partial charge is 0.244 e. The van der Waals surface area contributed by atoms with Crippen LogP contribution < -0.4 is 0 Å². The molecule has 1 aliphatic heterocycles. The molecule has 6 nitrogen and oxygen atoms in total. The SMILES string of the molecule is O=C(Cn1cccn1)N1CCC[C@@H](c2nnc(-c3ccccc3F)s2)C1. The highest BCUT2D eigenvalue weighted by Gasteiger charge is 2.27. The van der Waals surface area contributed by atoms with Crippen LogP contribution in [0.5, 0.6) is 0 Å². The molecule has 4 rings (SSSR count). The van der Waals surface area contributed by atoms with Crippen LogP contribution in [0.4, 0.5) is 4.39 Å². The lowest BCUT2D eigenvalue weighted by Gasteiger charge is -2.31. The van der Waals surface area contributed by atoms with Gasteiger partial charge in [-0.25, -0.2) is 4.39 Å². The van der Waals surface area contributed by atoms with Gasteiger partial charge in [-0.2, -0.15) is 5.10 Å². The summed E-state index contributed by atoms with van der Waals surface area (Å²) in [5, 5.41) is 14.0. The number of hydrogen-bond acceptors (Lipinski definition) is 5. The van der Waals surface area contributed by atoms with E-state index in [4.69, 9.17) is 0 Å². The van der Waals surface area contributed by atoms with Crippen LogP contribution in [0.3, 0.4) is 0 Å². The summed E-state index contributed by atoms with van der Waals surface area (Å²) in [5.74, 6) is -0.101. The van der Waals surface area contributed by atoms with Crippen molar-refractivity contribution in [2.24, 2.45) is 0 Å². The Hall–Kier alpha value is -2.61. The first kappa shape index (κ1) is 16.8. The highest BCUT2D eigenvalue weighted by Crippen LogP contribution is 2.33. The van der Waals surface area contributed by atoms with Crippen LogP contribution in [-0.4, -0.2) is 43.9 Å². The van der Waals surface area contributed by atoms with Crippen LogP contribution >= 0.6 is 11.3 Å². The molecule has 0 saturated carbocycles. The molecule has 0 N–H and O–H groups in total. The number of nitrogens with zero attached hydrogens (tertiary/aromatic N) is 5. The second kappa shape index (κ2) is 7.33. The molecule has 0 unspecified atom stereocenters. The first-order valence-corrected chi connectivity index (χ1v) is 9.36.